The fourth-order valence-electron chi connectivity index (χ4n) is 2.76. The zero-order chi connectivity index (χ0) is 14.8. The molecular weight excluding hydrogens is 366 g/mol. The van der Waals surface area contributed by atoms with Crippen LogP contribution >= 0.6 is 27.5 Å². The zero-order valence-electron chi connectivity index (χ0n) is 11.4. The van der Waals surface area contributed by atoms with E-state index in [1.165, 1.54) is 12.5 Å². The molecule has 1 saturated carbocycles. The molecule has 1 aromatic rings. The normalized spacial score (nSPS) is 17.8. The van der Waals surface area contributed by atoms with Crippen LogP contribution < -0.4 is 0 Å². The molecule has 7 heteroatoms. The van der Waals surface area contributed by atoms with E-state index in [1.54, 1.807) is 4.31 Å². The molecule has 20 heavy (non-hydrogen) atoms. The Morgan fingerprint density at radius 1 is 1.40 bits per heavy atom. The van der Waals surface area contributed by atoms with Crippen LogP contribution in [0.15, 0.2) is 20.0 Å². The molecule has 0 radical (unpaired) electrons. The first-order valence-corrected chi connectivity index (χ1v) is 9.63. The highest BCUT2D eigenvalue weighted by Gasteiger charge is 2.34. The molecule has 0 saturated heterocycles. The van der Waals surface area contributed by atoms with Gasteiger partial charge < -0.3 is 4.42 Å². The van der Waals surface area contributed by atoms with Gasteiger partial charge in [-0.05, 0) is 28.8 Å². The average Bonchev–Trinajstić information content (AvgIpc) is 2.82. The molecule has 1 fully saturated rings. The maximum absolute atomic E-state index is 12.8. The smallest absolute Gasteiger partial charge is 0.247 e. The van der Waals surface area contributed by atoms with E-state index >= 15 is 0 Å². The zero-order valence-corrected chi connectivity index (χ0v) is 14.6. The minimum Gasteiger partial charge on any atom is -0.452 e. The first kappa shape index (κ1) is 16.3. The molecule has 0 spiro atoms. The van der Waals surface area contributed by atoms with E-state index < -0.39 is 10.0 Å². The van der Waals surface area contributed by atoms with Gasteiger partial charge >= 0.3 is 0 Å². The molecule has 114 valence electrons. The molecule has 0 N–H and O–H groups in total. The van der Waals surface area contributed by atoms with Crippen molar-refractivity contribution in [2.45, 2.75) is 55.8 Å². The Bertz CT molecular complexity index is 552. The molecule has 0 amide bonds. The molecule has 1 aromatic heterocycles. The lowest BCUT2D eigenvalue weighted by atomic mass is 9.95. The number of hydrogen-bond acceptors (Lipinski definition) is 3. The van der Waals surface area contributed by atoms with Crippen molar-refractivity contribution >= 4 is 37.6 Å². The van der Waals surface area contributed by atoms with Crippen molar-refractivity contribution in [3.63, 3.8) is 0 Å². The Morgan fingerprint density at radius 3 is 2.55 bits per heavy atom. The summed E-state index contributed by atoms with van der Waals surface area (Å²) in [7, 11) is -3.54. The largest absolute Gasteiger partial charge is 0.452 e. The van der Waals surface area contributed by atoms with Gasteiger partial charge in [0.1, 0.15) is 10.7 Å². The van der Waals surface area contributed by atoms with Gasteiger partial charge in [-0.3, -0.25) is 0 Å². The fraction of sp³-hybridized carbons (Fsp3) is 0.692. The maximum atomic E-state index is 12.8. The molecule has 0 aliphatic heterocycles. The van der Waals surface area contributed by atoms with Gasteiger partial charge in [0.15, 0.2) is 4.67 Å². The van der Waals surface area contributed by atoms with E-state index in [0.717, 1.165) is 25.7 Å². The van der Waals surface area contributed by atoms with Crippen molar-refractivity contribution < 1.29 is 12.8 Å². The van der Waals surface area contributed by atoms with Crippen LogP contribution in [-0.4, -0.2) is 25.3 Å². The summed E-state index contributed by atoms with van der Waals surface area (Å²) in [5.41, 5.74) is 0. The fourth-order valence-corrected chi connectivity index (χ4v) is 5.55. The van der Waals surface area contributed by atoms with Gasteiger partial charge in [-0.25, -0.2) is 8.42 Å². The summed E-state index contributed by atoms with van der Waals surface area (Å²) < 4.78 is 32.8. The number of hydrogen-bond donors (Lipinski definition) is 0. The lowest BCUT2D eigenvalue weighted by Crippen LogP contribution is -2.41. The topological polar surface area (TPSA) is 50.5 Å². The number of alkyl halides is 1. The summed E-state index contributed by atoms with van der Waals surface area (Å²) in [5.74, 6) is 0.612. The summed E-state index contributed by atoms with van der Waals surface area (Å²) in [6.45, 7) is 2.35. The Hall–Kier alpha value is -0.0400. The summed E-state index contributed by atoms with van der Waals surface area (Å²) in [4.78, 5) is 0.181. The van der Waals surface area contributed by atoms with Crippen LogP contribution in [0.5, 0.6) is 0 Å². The second kappa shape index (κ2) is 6.81. The molecule has 0 aromatic carbocycles. The molecule has 0 atom stereocenters. The Balaban J connectivity index is 2.32. The number of furan rings is 1. The number of rotatable bonds is 5. The Labute approximate surface area is 133 Å². The molecule has 1 heterocycles. The summed E-state index contributed by atoms with van der Waals surface area (Å²) in [6, 6.07) is 1.61. The van der Waals surface area contributed by atoms with E-state index in [0.29, 0.717) is 12.3 Å². The van der Waals surface area contributed by atoms with Gasteiger partial charge in [0.05, 0.1) is 5.88 Å². The minimum absolute atomic E-state index is 0.0972. The second-order valence-corrected chi connectivity index (χ2v) is 7.83. The Kier molecular flexibility index (Phi) is 5.56. The van der Waals surface area contributed by atoms with Crippen molar-refractivity contribution in [3.05, 3.63) is 16.5 Å². The van der Waals surface area contributed by atoms with Crippen molar-refractivity contribution in [1.29, 1.82) is 0 Å². The molecule has 2 rings (SSSR count). The molecule has 0 unspecified atom stereocenters. The maximum Gasteiger partial charge on any atom is 0.247 e. The lowest BCUT2D eigenvalue weighted by molar-refractivity contribution is 0.261. The van der Waals surface area contributed by atoms with E-state index in [2.05, 4.69) is 15.9 Å². The van der Waals surface area contributed by atoms with Gasteiger partial charge in [-0.2, -0.15) is 4.31 Å². The number of nitrogens with zero attached hydrogens (tertiary/aromatic N) is 1. The predicted octanol–water partition coefficient (Wildman–Crippen LogP) is 4.12. The third kappa shape index (κ3) is 3.24. The van der Waals surface area contributed by atoms with E-state index in [4.69, 9.17) is 16.0 Å². The first-order valence-electron chi connectivity index (χ1n) is 6.86. The van der Waals surface area contributed by atoms with Crippen LogP contribution in [0.1, 0.15) is 44.8 Å². The number of halogens is 2. The molecular formula is C13H19BrClNO3S. The highest BCUT2D eigenvalue weighted by Crippen LogP contribution is 2.33. The summed E-state index contributed by atoms with van der Waals surface area (Å²) in [6.07, 6.45) is 5.25. The van der Waals surface area contributed by atoms with Crippen molar-refractivity contribution in [3.8, 4) is 0 Å². The van der Waals surface area contributed by atoms with Crippen LogP contribution in [0, 0.1) is 0 Å². The second-order valence-electron chi connectivity index (χ2n) is 4.98. The van der Waals surface area contributed by atoms with Crippen molar-refractivity contribution in [2.24, 2.45) is 0 Å². The Morgan fingerprint density at radius 2 is 2.05 bits per heavy atom. The standard InChI is InChI=1S/C13H19BrClNO3S/c1-2-16(10-6-4-3-5-7-10)20(17,18)12-8-11(9-15)19-13(12)14/h8,10H,2-7,9H2,1H3. The van der Waals surface area contributed by atoms with Gasteiger partial charge in [0.2, 0.25) is 10.0 Å². The summed E-state index contributed by atoms with van der Waals surface area (Å²) in [5, 5.41) is 0. The predicted molar refractivity (Wildman–Crippen MR) is 82.4 cm³/mol. The van der Waals surface area contributed by atoms with Crippen molar-refractivity contribution in [1.82, 2.24) is 4.31 Å². The first-order chi connectivity index (χ1) is 9.50. The number of sulfonamides is 1. The van der Waals surface area contributed by atoms with E-state index in [1.807, 2.05) is 6.92 Å². The van der Waals surface area contributed by atoms with Gasteiger partial charge in [-0.15, -0.1) is 11.6 Å². The SMILES string of the molecule is CCN(C1CCCCC1)S(=O)(=O)c1cc(CCl)oc1Br. The van der Waals surface area contributed by atoms with Crippen LogP contribution in [0.3, 0.4) is 0 Å². The van der Waals surface area contributed by atoms with Gasteiger partial charge in [-0.1, -0.05) is 26.2 Å². The molecule has 1 aliphatic carbocycles. The average molecular weight is 385 g/mol. The highest BCUT2D eigenvalue weighted by molar-refractivity contribution is 9.10. The quantitative estimate of drug-likeness (QED) is 0.717. The van der Waals surface area contributed by atoms with Crippen LogP contribution in [-0.2, 0) is 15.9 Å². The molecule has 0 bridgehead atoms. The van der Waals surface area contributed by atoms with Gasteiger partial charge in [0, 0.05) is 18.7 Å². The van der Waals surface area contributed by atoms with Crippen LogP contribution in [0.4, 0.5) is 0 Å². The summed E-state index contributed by atoms with van der Waals surface area (Å²) >= 11 is 8.89. The minimum atomic E-state index is -3.54. The van der Waals surface area contributed by atoms with E-state index in [9.17, 15) is 8.42 Å². The van der Waals surface area contributed by atoms with Gasteiger partial charge in [0.25, 0.3) is 0 Å². The molecule has 4 nitrogen and oxygen atoms in total. The monoisotopic (exact) mass is 383 g/mol. The van der Waals surface area contributed by atoms with E-state index in [-0.39, 0.29) is 21.5 Å². The van der Waals surface area contributed by atoms with Crippen molar-refractivity contribution in [2.75, 3.05) is 6.54 Å². The lowest BCUT2D eigenvalue weighted by Gasteiger charge is -2.32. The third-order valence-electron chi connectivity index (χ3n) is 3.72. The third-order valence-corrected chi connectivity index (χ3v) is 6.87. The molecule has 1 aliphatic rings. The van der Waals surface area contributed by atoms with Crippen LogP contribution in [0.25, 0.3) is 0 Å². The highest BCUT2D eigenvalue weighted by atomic mass is 79.9. The van der Waals surface area contributed by atoms with Crippen LogP contribution in [0.2, 0.25) is 0 Å².